The first-order valence-corrected chi connectivity index (χ1v) is 9.42. The van der Waals surface area contributed by atoms with Crippen molar-refractivity contribution < 1.29 is 14.3 Å². The first-order valence-electron chi connectivity index (χ1n) is 9.42. The van der Waals surface area contributed by atoms with Gasteiger partial charge in [0.15, 0.2) is 6.10 Å². The molecule has 1 atom stereocenters. The fourth-order valence-corrected chi connectivity index (χ4v) is 2.87. The quantitative estimate of drug-likeness (QED) is 0.667. The minimum Gasteiger partial charge on any atom is -0.481 e. The van der Waals surface area contributed by atoms with E-state index >= 15 is 0 Å². The van der Waals surface area contributed by atoms with Crippen molar-refractivity contribution in [2.24, 2.45) is 0 Å². The van der Waals surface area contributed by atoms with Crippen molar-refractivity contribution in [3.63, 3.8) is 0 Å². The van der Waals surface area contributed by atoms with E-state index in [-0.39, 0.29) is 11.8 Å². The first kappa shape index (κ1) is 20.1. The third-order valence-electron chi connectivity index (χ3n) is 4.59. The summed E-state index contributed by atoms with van der Waals surface area (Å²) in [6, 6.07) is 23.8. The number of hydrogen-bond donors (Lipinski definition) is 1. The molecule has 0 aliphatic carbocycles. The monoisotopic (exact) mass is 388 g/mol. The van der Waals surface area contributed by atoms with Crippen molar-refractivity contribution in [1.82, 2.24) is 0 Å². The van der Waals surface area contributed by atoms with Crippen LogP contribution in [0, 0.1) is 6.92 Å². The van der Waals surface area contributed by atoms with Gasteiger partial charge in [0.2, 0.25) is 0 Å². The van der Waals surface area contributed by atoms with Crippen LogP contribution in [0.3, 0.4) is 0 Å². The van der Waals surface area contributed by atoms with E-state index < -0.39 is 6.10 Å². The number of para-hydroxylation sites is 2. The molecular weight excluding hydrogens is 364 g/mol. The zero-order chi connectivity index (χ0) is 20.8. The van der Waals surface area contributed by atoms with Crippen molar-refractivity contribution in [3.8, 4) is 5.75 Å². The van der Waals surface area contributed by atoms with Gasteiger partial charge in [0.25, 0.3) is 11.8 Å². The molecule has 0 aliphatic heterocycles. The first-order chi connectivity index (χ1) is 14.0. The zero-order valence-corrected chi connectivity index (χ0v) is 16.8. The number of ether oxygens (including phenoxy) is 1. The Morgan fingerprint density at radius 1 is 0.931 bits per heavy atom. The summed E-state index contributed by atoms with van der Waals surface area (Å²) in [5.74, 6) is 0.231. The second kappa shape index (κ2) is 9.06. The Labute approximate surface area is 170 Å². The highest BCUT2D eigenvalue weighted by atomic mass is 16.5. The minimum absolute atomic E-state index is 0.156. The fourth-order valence-electron chi connectivity index (χ4n) is 2.87. The van der Waals surface area contributed by atoms with Crippen LogP contribution in [0.1, 0.15) is 22.8 Å². The number of nitrogens with zero attached hydrogens (tertiary/aromatic N) is 1. The van der Waals surface area contributed by atoms with E-state index in [0.29, 0.717) is 17.0 Å². The minimum atomic E-state index is -0.678. The summed E-state index contributed by atoms with van der Waals surface area (Å²) in [6.07, 6.45) is -0.678. The molecule has 5 nitrogen and oxygen atoms in total. The summed E-state index contributed by atoms with van der Waals surface area (Å²) < 4.78 is 5.77. The fraction of sp³-hybridized carbons (Fsp3) is 0.167. The maximum Gasteiger partial charge on any atom is 0.265 e. The molecule has 3 aromatic rings. The molecule has 1 N–H and O–H groups in total. The SMILES string of the molecule is Cc1ccccc1OC(C)C(=O)Nc1cccc(C(=O)N(C)c2ccccc2)c1. The van der Waals surface area contributed by atoms with Gasteiger partial charge >= 0.3 is 0 Å². The lowest BCUT2D eigenvalue weighted by molar-refractivity contribution is -0.122. The Kier molecular flexibility index (Phi) is 6.29. The Bertz CT molecular complexity index is 1000. The maximum absolute atomic E-state index is 12.8. The number of nitrogens with one attached hydrogen (secondary N) is 1. The molecule has 0 aliphatic rings. The molecule has 29 heavy (non-hydrogen) atoms. The Hall–Kier alpha value is -3.60. The Balaban J connectivity index is 1.68. The number of benzene rings is 3. The number of hydrogen-bond acceptors (Lipinski definition) is 3. The number of aryl methyl sites for hydroxylation is 1. The molecule has 3 rings (SSSR count). The van der Waals surface area contributed by atoms with Gasteiger partial charge in [-0.25, -0.2) is 0 Å². The van der Waals surface area contributed by atoms with Crippen LogP contribution in [-0.4, -0.2) is 25.0 Å². The topological polar surface area (TPSA) is 58.6 Å². The van der Waals surface area contributed by atoms with E-state index in [0.717, 1.165) is 11.3 Å². The highest BCUT2D eigenvalue weighted by molar-refractivity contribution is 6.06. The van der Waals surface area contributed by atoms with E-state index in [1.807, 2.05) is 61.5 Å². The van der Waals surface area contributed by atoms with Gasteiger partial charge in [-0.05, 0) is 55.8 Å². The van der Waals surface area contributed by atoms with Gasteiger partial charge in [0, 0.05) is 24.0 Å². The molecule has 0 aromatic heterocycles. The van der Waals surface area contributed by atoms with Gasteiger partial charge in [-0.1, -0.05) is 42.5 Å². The number of amides is 2. The number of carbonyl (C=O) groups is 2. The number of carbonyl (C=O) groups excluding carboxylic acids is 2. The van der Waals surface area contributed by atoms with E-state index in [9.17, 15) is 9.59 Å². The predicted octanol–water partition coefficient (Wildman–Crippen LogP) is 4.68. The molecule has 0 fully saturated rings. The van der Waals surface area contributed by atoms with Crippen LogP contribution in [0.25, 0.3) is 0 Å². The van der Waals surface area contributed by atoms with Crippen LogP contribution in [0.5, 0.6) is 5.75 Å². The van der Waals surface area contributed by atoms with Crippen molar-refractivity contribution in [2.75, 3.05) is 17.3 Å². The lowest BCUT2D eigenvalue weighted by Gasteiger charge is -2.18. The largest absolute Gasteiger partial charge is 0.481 e. The highest BCUT2D eigenvalue weighted by Gasteiger charge is 2.18. The summed E-state index contributed by atoms with van der Waals surface area (Å²) >= 11 is 0. The lowest BCUT2D eigenvalue weighted by Crippen LogP contribution is -2.30. The molecule has 0 bridgehead atoms. The molecule has 5 heteroatoms. The third kappa shape index (κ3) is 5.02. The molecule has 1 unspecified atom stereocenters. The van der Waals surface area contributed by atoms with E-state index in [4.69, 9.17) is 4.74 Å². The number of anilines is 2. The summed E-state index contributed by atoms with van der Waals surface area (Å²) in [5, 5.41) is 2.82. The van der Waals surface area contributed by atoms with Gasteiger partial charge in [0.05, 0.1) is 0 Å². The van der Waals surface area contributed by atoms with Crippen LogP contribution in [-0.2, 0) is 4.79 Å². The van der Waals surface area contributed by atoms with Gasteiger partial charge in [0.1, 0.15) is 5.75 Å². The summed E-state index contributed by atoms with van der Waals surface area (Å²) in [7, 11) is 1.72. The molecule has 0 radical (unpaired) electrons. The maximum atomic E-state index is 12.8. The molecule has 0 saturated carbocycles. The summed E-state index contributed by atoms with van der Waals surface area (Å²) in [6.45, 7) is 3.62. The summed E-state index contributed by atoms with van der Waals surface area (Å²) in [4.78, 5) is 26.9. The Morgan fingerprint density at radius 2 is 1.62 bits per heavy atom. The van der Waals surface area contributed by atoms with Gasteiger partial charge in [-0.15, -0.1) is 0 Å². The average Bonchev–Trinajstić information content (AvgIpc) is 2.75. The molecule has 3 aromatic carbocycles. The zero-order valence-electron chi connectivity index (χ0n) is 16.8. The van der Waals surface area contributed by atoms with Crippen LogP contribution >= 0.6 is 0 Å². The molecule has 0 spiro atoms. The van der Waals surface area contributed by atoms with Crippen molar-refractivity contribution in [1.29, 1.82) is 0 Å². The van der Waals surface area contributed by atoms with Crippen molar-refractivity contribution in [3.05, 3.63) is 90.0 Å². The molecule has 148 valence electrons. The van der Waals surface area contributed by atoms with Crippen LogP contribution in [0.15, 0.2) is 78.9 Å². The van der Waals surface area contributed by atoms with Gasteiger partial charge < -0.3 is 15.0 Å². The van der Waals surface area contributed by atoms with Crippen LogP contribution in [0.4, 0.5) is 11.4 Å². The van der Waals surface area contributed by atoms with Gasteiger partial charge in [-0.3, -0.25) is 9.59 Å². The predicted molar refractivity (Wildman–Crippen MR) is 116 cm³/mol. The lowest BCUT2D eigenvalue weighted by atomic mass is 10.1. The smallest absolute Gasteiger partial charge is 0.265 e. The van der Waals surface area contributed by atoms with E-state index in [2.05, 4.69) is 5.32 Å². The summed E-state index contributed by atoms with van der Waals surface area (Å²) in [5.41, 5.74) is 2.79. The average molecular weight is 388 g/mol. The third-order valence-corrected chi connectivity index (χ3v) is 4.59. The molecular formula is C24H24N2O3. The van der Waals surface area contributed by atoms with Crippen LogP contribution in [0.2, 0.25) is 0 Å². The van der Waals surface area contributed by atoms with Crippen molar-refractivity contribution >= 4 is 23.2 Å². The molecule has 0 heterocycles. The van der Waals surface area contributed by atoms with E-state index in [1.54, 1.807) is 43.1 Å². The van der Waals surface area contributed by atoms with Gasteiger partial charge in [-0.2, -0.15) is 0 Å². The standard InChI is InChI=1S/C24H24N2O3/c1-17-10-7-8-15-22(17)29-18(2)23(27)25-20-12-9-11-19(16-20)24(28)26(3)21-13-5-4-6-14-21/h4-16,18H,1-3H3,(H,25,27). The molecule has 0 saturated heterocycles. The van der Waals surface area contributed by atoms with E-state index in [1.165, 1.54) is 0 Å². The normalized spacial score (nSPS) is 11.4. The number of rotatable bonds is 6. The second-order valence-electron chi connectivity index (χ2n) is 6.80. The highest BCUT2D eigenvalue weighted by Crippen LogP contribution is 2.20. The Morgan fingerprint density at radius 3 is 2.34 bits per heavy atom. The van der Waals surface area contributed by atoms with Crippen LogP contribution < -0.4 is 15.0 Å². The second-order valence-corrected chi connectivity index (χ2v) is 6.80. The molecule has 2 amide bonds. The van der Waals surface area contributed by atoms with Crippen molar-refractivity contribution in [2.45, 2.75) is 20.0 Å².